The number of carbonyl (C=O) groups excluding carboxylic acids is 1. The number of likely N-dealkylation sites (N-methyl/N-ethyl adjacent to an activating group) is 1. The van der Waals surface area contributed by atoms with Gasteiger partial charge in [0.15, 0.2) is 22.8 Å². The van der Waals surface area contributed by atoms with Gasteiger partial charge in [-0.1, -0.05) is 0 Å². The molecule has 0 atom stereocenters. The number of anilines is 1. The van der Waals surface area contributed by atoms with Crippen molar-refractivity contribution in [3.63, 3.8) is 0 Å². The largest absolute Gasteiger partial charge is 0.378 e. The number of imidazole rings is 1. The van der Waals surface area contributed by atoms with Crippen molar-refractivity contribution >= 4 is 33.8 Å². The summed E-state index contributed by atoms with van der Waals surface area (Å²) in [4.78, 5) is 36.5. The predicted octanol–water partition coefficient (Wildman–Crippen LogP) is 2.35. The molecule has 0 saturated carbocycles. The molecule has 40 heavy (non-hydrogen) atoms. The number of likely N-dealkylation sites (tertiary alicyclic amines) is 1. The highest BCUT2D eigenvalue weighted by atomic mass is 19.1. The lowest BCUT2D eigenvalue weighted by atomic mass is 9.97. The highest BCUT2D eigenvalue weighted by Gasteiger charge is 2.40. The minimum Gasteiger partial charge on any atom is -0.378 e. The van der Waals surface area contributed by atoms with Crippen molar-refractivity contribution in [3.05, 3.63) is 36.0 Å². The summed E-state index contributed by atoms with van der Waals surface area (Å²) in [6.45, 7) is 11.2. The lowest BCUT2D eigenvalue weighted by Crippen LogP contribution is -2.65. The van der Waals surface area contributed by atoms with E-state index in [-0.39, 0.29) is 17.8 Å². The summed E-state index contributed by atoms with van der Waals surface area (Å²) in [5.74, 6) is 1.23. The molecule has 11 nitrogen and oxygen atoms in total. The van der Waals surface area contributed by atoms with Crippen molar-refractivity contribution in [2.75, 3.05) is 51.3 Å². The molecule has 6 rings (SSSR count). The zero-order valence-electron chi connectivity index (χ0n) is 23.4. The molecule has 12 heteroatoms. The number of primary amides is 1. The average molecular weight is 550 g/mol. The van der Waals surface area contributed by atoms with Crippen molar-refractivity contribution in [3.8, 4) is 11.4 Å². The lowest BCUT2D eigenvalue weighted by Gasteiger charge is -2.48. The van der Waals surface area contributed by atoms with Crippen LogP contribution < -0.4 is 10.6 Å². The summed E-state index contributed by atoms with van der Waals surface area (Å²) in [6, 6.07) is 5.26. The van der Waals surface area contributed by atoms with Crippen LogP contribution in [-0.4, -0.2) is 98.2 Å². The van der Waals surface area contributed by atoms with E-state index in [2.05, 4.69) is 31.2 Å². The van der Waals surface area contributed by atoms with Crippen LogP contribution in [0.25, 0.3) is 33.5 Å². The van der Waals surface area contributed by atoms with Gasteiger partial charge < -0.3 is 24.9 Å². The van der Waals surface area contributed by atoms with E-state index in [0.29, 0.717) is 67.8 Å². The maximum Gasteiger partial charge on any atom is 0.237 e. The first-order valence-corrected chi connectivity index (χ1v) is 13.8. The van der Waals surface area contributed by atoms with Crippen LogP contribution in [0.2, 0.25) is 0 Å². The number of rotatable bonds is 8. The number of halogens is 1. The molecule has 0 radical (unpaired) electrons. The third-order valence-electron chi connectivity index (χ3n) is 8.52. The first kappa shape index (κ1) is 26.6. The van der Waals surface area contributed by atoms with E-state index < -0.39 is 5.54 Å². The molecule has 0 spiro atoms. The number of H-pyrrole nitrogens is 1. The Balaban J connectivity index is 1.38. The van der Waals surface area contributed by atoms with Gasteiger partial charge in [0, 0.05) is 55.9 Å². The van der Waals surface area contributed by atoms with E-state index in [1.54, 1.807) is 12.3 Å². The monoisotopic (exact) mass is 549 g/mol. The SMILES string of the molecule is CCn1c(CN2CC(N(C)C(C)(C)C(N)=O)C2)nc2c(N3CCOCC3)nc(-c3c(F)ccc4[nH]ccc34)nc21. The Morgan fingerprint density at radius 2 is 1.95 bits per heavy atom. The Labute approximate surface area is 232 Å². The summed E-state index contributed by atoms with van der Waals surface area (Å²) in [5.41, 5.74) is 7.53. The Bertz CT molecular complexity index is 1570. The van der Waals surface area contributed by atoms with Crippen molar-refractivity contribution < 1.29 is 13.9 Å². The topological polar surface area (TPSA) is 121 Å². The van der Waals surface area contributed by atoms with Gasteiger partial charge in [0.25, 0.3) is 0 Å². The van der Waals surface area contributed by atoms with Gasteiger partial charge in [-0.2, -0.15) is 0 Å². The van der Waals surface area contributed by atoms with Crippen LogP contribution in [0.3, 0.4) is 0 Å². The van der Waals surface area contributed by atoms with E-state index in [9.17, 15) is 4.79 Å². The molecule has 2 aliphatic rings. The molecule has 1 aromatic carbocycles. The molecule has 0 unspecified atom stereocenters. The zero-order valence-corrected chi connectivity index (χ0v) is 23.4. The second-order valence-electron chi connectivity index (χ2n) is 11.2. The maximum absolute atomic E-state index is 15.3. The molecule has 4 aromatic rings. The highest BCUT2D eigenvalue weighted by molar-refractivity contribution is 5.95. The number of nitrogens with two attached hydrogens (primary N) is 1. The Kier molecular flexibility index (Phi) is 6.71. The molecule has 212 valence electrons. The van der Waals surface area contributed by atoms with Crippen LogP contribution in [0.5, 0.6) is 0 Å². The average Bonchev–Trinajstić information content (AvgIpc) is 3.53. The lowest BCUT2D eigenvalue weighted by molar-refractivity contribution is -0.131. The van der Waals surface area contributed by atoms with Gasteiger partial charge in [-0.25, -0.2) is 19.3 Å². The molecular weight excluding hydrogens is 513 g/mol. The second-order valence-corrected chi connectivity index (χ2v) is 11.2. The minimum atomic E-state index is -0.718. The minimum absolute atomic E-state index is 0.224. The molecular formula is C28H36FN9O2. The number of aryl methyl sites for hydroxylation is 1. The number of fused-ring (bicyclic) bond motifs is 2. The van der Waals surface area contributed by atoms with Gasteiger partial charge in [-0.15, -0.1) is 0 Å². The Hall–Kier alpha value is -3.61. The molecule has 0 aliphatic carbocycles. The van der Waals surface area contributed by atoms with E-state index in [1.165, 1.54) is 6.07 Å². The summed E-state index contributed by atoms with van der Waals surface area (Å²) in [6.07, 6.45) is 1.80. The van der Waals surface area contributed by atoms with Gasteiger partial charge in [0.05, 0.1) is 30.9 Å². The van der Waals surface area contributed by atoms with Crippen molar-refractivity contribution in [1.82, 2.24) is 34.3 Å². The molecule has 0 bridgehead atoms. The third kappa shape index (κ3) is 4.40. The van der Waals surface area contributed by atoms with Crippen molar-refractivity contribution in [1.29, 1.82) is 0 Å². The molecule has 1 amide bonds. The van der Waals surface area contributed by atoms with E-state index in [4.69, 9.17) is 25.4 Å². The molecule has 2 saturated heterocycles. The number of nitrogens with zero attached hydrogens (tertiary/aromatic N) is 7. The number of amides is 1. The second kappa shape index (κ2) is 10.1. The maximum atomic E-state index is 15.3. The number of morpholine rings is 1. The first-order chi connectivity index (χ1) is 19.2. The van der Waals surface area contributed by atoms with Crippen molar-refractivity contribution in [2.45, 2.75) is 45.4 Å². The predicted molar refractivity (Wildman–Crippen MR) is 151 cm³/mol. The summed E-state index contributed by atoms with van der Waals surface area (Å²) >= 11 is 0. The Morgan fingerprint density at radius 3 is 2.65 bits per heavy atom. The van der Waals surface area contributed by atoms with E-state index in [0.717, 1.165) is 29.8 Å². The Morgan fingerprint density at radius 1 is 1.20 bits per heavy atom. The van der Waals surface area contributed by atoms with Gasteiger partial charge >= 0.3 is 0 Å². The molecule has 2 fully saturated rings. The van der Waals surface area contributed by atoms with Crippen LogP contribution >= 0.6 is 0 Å². The number of ether oxygens (including phenoxy) is 1. The number of aromatic amines is 1. The summed E-state index contributed by atoms with van der Waals surface area (Å²) in [7, 11) is 1.95. The number of carbonyl (C=O) groups is 1. The number of aromatic nitrogens is 5. The molecule has 5 heterocycles. The summed E-state index contributed by atoms with van der Waals surface area (Å²) < 4.78 is 23.0. The fraction of sp³-hybridized carbons (Fsp3) is 0.500. The van der Waals surface area contributed by atoms with Gasteiger partial charge in [-0.05, 0) is 46.0 Å². The molecule has 3 N–H and O–H groups in total. The first-order valence-electron chi connectivity index (χ1n) is 13.8. The standard InChI is InChI=1S/C28H36FN9O2/c1-5-38-21(16-36-14-17(15-36)35(4)28(2,3)27(30)39)32-23-25(37-10-12-40-13-11-37)33-24(34-26(23)38)22-18-8-9-31-20(18)7-6-19(22)29/h6-9,17,31H,5,10-16H2,1-4H3,(H2,30,39). The van der Waals surface area contributed by atoms with Crippen LogP contribution in [0.4, 0.5) is 10.2 Å². The number of benzene rings is 1. The van der Waals surface area contributed by atoms with Crippen molar-refractivity contribution in [2.24, 2.45) is 5.73 Å². The number of nitrogens with one attached hydrogen (secondary N) is 1. The third-order valence-corrected chi connectivity index (χ3v) is 8.52. The van der Waals surface area contributed by atoms with Gasteiger partial charge in [0.1, 0.15) is 11.6 Å². The van der Waals surface area contributed by atoms with E-state index >= 15 is 4.39 Å². The molecule has 3 aromatic heterocycles. The van der Waals surface area contributed by atoms with Crippen LogP contribution in [-0.2, 0) is 22.6 Å². The van der Waals surface area contributed by atoms with Crippen LogP contribution in [0.15, 0.2) is 24.4 Å². The van der Waals surface area contributed by atoms with Gasteiger partial charge in [0.2, 0.25) is 5.91 Å². The molecule has 2 aliphatic heterocycles. The highest BCUT2D eigenvalue weighted by Crippen LogP contribution is 2.34. The quantitative estimate of drug-likeness (QED) is 0.344. The fourth-order valence-electron chi connectivity index (χ4n) is 5.67. The summed E-state index contributed by atoms with van der Waals surface area (Å²) in [5, 5.41) is 0.740. The van der Waals surface area contributed by atoms with E-state index in [1.807, 2.05) is 27.0 Å². The fourth-order valence-corrected chi connectivity index (χ4v) is 5.67. The zero-order chi connectivity index (χ0) is 28.2. The number of hydrogen-bond donors (Lipinski definition) is 2. The van der Waals surface area contributed by atoms with Crippen LogP contribution in [0, 0.1) is 5.82 Å². The number of hydrogen-bond acceptors (Lipinski definition) is 8. The smallest absolute Gasteiger partial charge is 0.237 e. The normalized spacial score (nSPS) is 17.3. The van der Waals surface area contributed by atoms with Gasteiger partial charge in [-0.3, -0.25) is 14.6 Å². The van der Waals surface area contributed by atoms with Crippen LogP contribution in [0.1, 0.15) is 26.6 Å².